The highest BCUT2D eigenvalue weighted by atomic mass is 32.3. The summed E-state index contributed by atoms with van der Waals surface area (Å²) in [6.45, 7) is 3.23. The van der Waals surface area contributed by atoms with Crippen LogP contribution in [0.4, 0.5) is 0 Å². The molecule has 0 aromatic rings. The maximum Gasteiger partial charge on any atom is 0.398 e. The van der Waals surface area contributed by atoms with Gasteiger partial charge in [-0.15, -0.1) is 0 Å². The Labute approximate surface area is 190 Å². The lowest BCUT2D eigenvalue weighted by Gasteiger charge is -2.11. The van der Waals surface area contributed by atoms with Crippen molar-refractivity contribution in [3.05, 3.63) is 12.2 Å². The van der Waals surface area contributed by atoms with E-state index in [2.05, 4.69) is 28.6 Å². The molecule has 7 nitrogen and oxygen atoms in total. The van der Waals surface area contributed by atoms with E-state index in [0.717, 1.165) is 6.42 Å². The normalized spacial score (nSPS) is 13.3. The Morgan fingerprint density at radius 3 is 1.97 bits per heavy atom. The third kappa shape index (κ3) is 27.5. The molecule has 0 aromatic heterocycles. The van der Waals surface area contributed by atoms with Crippen molar-refractivity contribution >= 4 is 10.4 Å². The number of nitrogens with one attached hydrogen (secondary N) is 1. The molecular formula is C23H47NO6S. The van der Waals surface area contributed by atoms with Crippen LogP contribution in [0.3, 0.4) is 0 Å². The first kappa shape index (κ1) is 30.5. The first-order valence-corrected chi connectivity index (χ1v) is 13.6. The summed E-state index contributed by atoms with van der Waals surface area (Å²) in [7, 11) is -4.44. The molecule has 8 heteroatoms. The minimum Gasteiger partial charge on any atom is -0.392 e. The molecule has 0 bridgehead atoms. The summed E-state index contributed by atoms with van der Waals surface area (Å²) < 4.78 is 38.7. The van der Waals surface area contributed by atoms with E-state index in [-0.39, 0.29) is 13.3 Å². The van der Waals surface area contributed by atoms with E-state index in [0.29, 0.717) is 19.6 Å². The van der Waals surface area contributed by atoms with Crippen LogP contribution in [0.15, 0.2) is 12.2 Å². The number of unbranched alkanes of at least 4 members (excludes halogenated alkanes) is 12. The molecule has 0 radical (unpaired) electrons. The second-order valence-electron chi connectivity index (χ2n) is 8.14. The summed E-state index contributed by atoms with van der Waals surface area (Å²) in [5.74, 6) is 0. The first-order chi connectivity index (χ1) is 15.0. The molecule has 3 N–H and O–H groups in total. The summed E-state index contributed by atoms with van der Waals surface area (Å²) >= 11 is 0. The molecule has 31 heavy (non-hydrogen) atoms. The molecule has 0 spiro atoms. The SMILES string of the molecule is CCCCCCCC/C=C\CCCCCCCCOCCC(O)CNCOS(=O)(=O)O. The largest absolute Gasteiger partial charge is 0.398 e. The van der Waals surface area contributed by atoms with Crippen LogP contribution in [0, 0.1) is 0 Å². The fraction of sp³-hybridized carbons (Fsp3) is 0.913. The summed E-state index contributed by atoms with van der Waals surface area (Å²) in [5, 5.41) is 12.3. The van der Waals surface area contributed by atoms with Crippen molar-refractivity contribution < 1.29 is 27.0 Å². The summed E-state index contributed by atoms with van der Waals surface area (Å²) in [6.07, 6.45) is 22.5. The van der Waals surface area contributed by atoms with Crippen molar-refractivity contribution in [2.24, 2.45) is 0 Å². The van der Waals surface area contributed by atoms with Gasteiger partial charge in [-0.25, -0.2) is 4.18 Å². The first-order valence-electron chi connectivity index (χ1n) is 12.2. The van der Waals surface area contributed by atoms with Crippen LogP contribution >= 0.6 is 0 Å². The molecule has 0 aliphatic heterocycles. The fourth-order valence-corrected chi connectivity index (χ4v) is 3.45. The fourth-order valence-electron chi connectivity index (χ4n) is 3.22. The topological polar surface area (TPSA) is 105 Å². The van der Waals surface area contributed by atoms with Crippen molar-refractivity contribution in [2.45, 2.75) is 109 Å². The molecule has 0 heterocycles. The maximum absolute atomic E-state index is 10.3. The number of hydrogen-bond donors (Lipinski definition) is 3. The monoisotopic (exact) mass is 465 g/mol. The van der Waals surface area contributed by atoms with E-state index in [1.54, 1.807) is 0 Å². The Bertz CT molecular complexity index is 498. The van der Waals surface area contributed by atoms with Crippen LogP contribution in [0.5, 0.6) is 0 Å². The Morgan fingerprint density at radius 1 is 0.839 bits per heavy atom. The molecule has 1 unspecified atom stereocenters. The molecule has 0 aromatic carbocycles. The number of ether oxygens (including phenoxy) is 1. The zero-order chi connectivity index (χ0) is 23.0. The molecule has 0 rings (SSSR count). The van der Waals surface area contributed by atoms with E-state index >= 15 is 0 Å². The lowest BCUT2D eigenvalue weighted by atomic mass is 10.1. The van der Waals surface area contributed by atoms with Gasteiger partial charge >= 0.3 is 10.4 Å². The van der Waals surface area contributed by atoms with E-state index in [4.69, 9.17) is 9.29 Å². The van der Waals surface area contributed by atoms with Gasteiger partial charge in [-0.05, 0) is 38.5 Å². The Hall–Kier alpha value is -0.510. The number of aliphatic hydroxyl groups is 1. The van der Waals surface area contributed by atoms with Crippen LogP contribution in [-0.2, 0) is 19.3 Å². The number of hydrogen-bond acceptors (Lipinski definition) is 6. The zero-order valence-corrected chi connectivity index (χ0v) is 20.4. The van der Waals surface area contributed by atoms with Gasteiger partial charge in [-0.3, -0.25) is 9.87 Å². The van der Waals surface area contributed by atoms with Gasteiger partial charge in [0, 0.05) is 19.8 Å². The summed E-state index contributed by atoms with van der Waals surface area (Å²) in [5.41, 5.74) is 0. The van der Waals surface area contributed by atoms with Gasteiger partial charge < -0.3 is 9.84 Å². The van der Waals surface area contributed by atoms with Crippen LogP contribution in [0.2, 0.25) is 0 Å². The van der Waals surface area contributed by atoms with Gasteiger partial charge in [-0.1, -0.05) is 76.9 Å². The third-order valence-corrected chi connectivity index (χ3v) is 5.50. The highest BCUT2D eigenvalue weighted by Crippen LogP contribution is 2.10. The highest BCUT2D eigenvalue weighted by molar-refractivity contribution is 7.80. The summed E-state index contributed by atoms with van der Waals surface area (Å²) in [6, 6.07) is 0. The quantitative estimate of drug-likeness (QED) is 0.0782. The molecule has 0 amide bonds. The summed E-state index contributed by atoms with van der Waals surface area (Å²) in [4.78, 5) is 0. The second-order valence-corrected chi connectivity index (χ2v) is 9.23. The van der Waals surface area contributed by atoms with Crippen molar-refractivity contribution in [1.29, 1.82) is 0 Å². The molecule has 186 valence electrons. The van der Waals surface area contributed by atoms with Crippen molar-refractivity contribution in [3.8, 4) is 0 Å². The standard InChI is InChI=1S/C23H47NO6S/c1-2-3-4-5-6-7-8-9-10-11-12-13-14-15-16-17-19-29-20-18-23(25)21-24-22-30-31(26,27)28/h9-10,23-25H,2-8,11-22H2,1H3,(H,26,27,28)/b10-9-. The van der Waals surface area contributed by atoms with Crippen LogP contribution in [0.25, 0.3) is 0 Å². The van der Waals surface area contributed by atoms with E-state index in [1.165, 1.54) is 83.5 Å². The molecular weight excluding hydrogens is 418 g/mol. The number of allylic oxidation sites excluding steroid dienone is 2. The molecule has 0 saturated heterocycles. The van der Waals surface area contributed by atoms with Gasteiger partial charge in [0.25, 0.3) is 0 Å². The predicted molar refractivity (Wildman–Crippen MR) is 126 cm³/mol. The van der Waals surface area contributed by atoms with Crippen LogP contribution in [-0.4, -0.2) is 50.7 Å². The average molecular weight is 466 g/mol. The predicted octanol–water partition coefficient (Wildman–Crippen LogP) is 5.16. The number of aliphatic hydroxyl groups excluding tert-OH is 1. The van der Waals surface area contributed by atoms with Crippen LogP contribution in [0.1, 0.15) is 103 Å². The van der Waals surface area contributed by atoms with Crippen molar-refractivity contribution in [3.63, 3.8) is 0 Å². The Morgan fingerprint density at radius 2 is 1.39 bits per heavy atom. The van der Waals surface area contributed by atoms with E-state index in [9.17, 15) is 13.5 Å². The van der Waals surface area contributed by atoms with Crippen LogP contribution < -0.4 is 5.32 Å². The van der Waals surface area contributed by atoms with E-state index in [1.807, 2.05) is 0 Å². The van der Waals surface area contributed by atoms with E-state index < -0.39 is 16.5 Å². The highest BCUT2D eigenvalue weighted by Gasteiger charge is 2.06. The maximum atomic E-state index is 10.3. The molecule has 0 fully saturated rings. The lowest BCUT2D eigenvalue weighted by Crippen LogP contribution is -2.30. The molecule has 1 atom stereocenters. The average Bonchev–Trinajstić information content (AvgIpc) is 2.72. The van der Waals surface area contributed by atoms with Gasteiger partial charge in [0.1, 0.15) is 6.73 Å². The van der Waals surface area contributed by atoms with Gasteiger partial charge in [0.05, 0.1) is 6.10 Å². The minimum atomic E-state index is -4.44. The third-order valence-electron chi connectivity index (χ3n) is 5.09. The number of rotatable bonds is 24. The lowest BCUT2D eigenvalue weighted by molar-refractivity contribution is 0.0765. The molecule has 0 saturated carbocycles. The Kier molecular flexibility index (Phi) is 22.3. The Balaban J connectivity index is 3.22. The van der Waals surface area contributed by atoms with Gasteiger partial charge in [0.15, 0.2) is 0 Å². The van der Waals surface area contributed by atoms with Gasteiger partial charge in [0.2, 0.25) is 0 Å². The van der Waals surface area contributed by atoms with Crippen molar-refractivity contribution in [2.75, 3.05) is 26.5 Å². The second kappa shape index (κ2) is 22.7. The van der Waals surface area contributed by atoms with Crippen molar-refractivity contribution in [1.82, 2.24) is 5.32 Å². The smallest absolute Gasteiger partial charge is 0.392 e. The minimum absolute atomic E-state index is 0.174. The zero-order valence-electron chi connectivity index (χ0n) is 19.6. The molecule has 0 aliphatic carbocycles. The molecule has 0 aliphatic rings. The van der Waals surface area contributed by atoms with Gasteiger partial charge in [-0.2, -0.15) is 8.42 Å².